The van der Waals surface area contributed by atoms with Gasteiger partial charge in [0.05, 0.1) is 13.2 Å². The molecule has 1 spiro atoms. The summed E-state index contributed by atoms with van der Waals surface area (Å²) in [5, 5.41) is 0. The van der Waals surface area contributed by atoms with Crippen LogP contribution in [0.15, 0.2) is 11.6 Å². The van der Waals surface area contributed by atoms with Gasteiger partial charge in [-0.15, -0.1) is 0 Å². The standard InChI is InChI=1S/C21H30O3/c1-19-8-4-3-5-14(19)13-17(22)18-15(19)6-9-20(2)16(18)7-10-21(20)23-11-12-24-21/h13,15-16,18H,3-12H2,1-2H3/t15?,16?,18?,19-,20-/m0/s1. The normalized spacial score (nSPS) is 49.5. The highest BCUT2D eigenvalue weighted by Crippen LogP contribution is 2.67. The quantitative estimate of drug-likeness (QED) is 0.666. The minimum Gasteiger partial charge on any atom is -0.347 e. The molecular formula is C21H30O3. The number of rotatable bonds is 0. The molecule has 5 aliphatic rings. The SMILES string of the molecule is C[C@]12CCCCC1=CC(=O)C1C2CC[C@@]2(C)C1CCC21OCCO1. The maximum absolute atomic E-state index is 13.2. The Kier molecular flexibility index (Phi) is 3.21. The molecule has 4 aliphatic carbocycles. The lowest BCUT2D eigenvalue weighted by Crippen LogP contribution is -2.56. The summed E-state index contributed by atoms with van der Waals surface area (Å²) < 4.78 is 12.3. The van der Waals surface area contributed by atoms with Gasteiger partial charge < -0.3 is 9.47 Å². The van der Waals surface area contributed by atoms with Gasteiger partial charge in [-0.25, -0.2) is 0 Å². The van der Waals surface area contributed by atoms with E-state index in [1.807, 2.05) is 0 Å². The fourth-order valence-electron chi connectivity index (χ4n) is 7.32. The van der Waals surface area contributed by atoms with Crippen molar-refractivity contribution in [2.75, 3.05) is 13.2 Å². The van der Waals surface area contributed by atoms with Crippen LogP contribution in [0.1, 0.15) is 65.2 Å². The van der Waals surface area contributed by atoms with E-state index >= 15 is 0 Å². The van der Waals surface area contributed by atoms with Gasteiger partial charge in [0, 0.05) is 17.8 Å². The number of hydrogen-bond acceptors (Lipinski definition) is 3. The Morgan fingerprint density at radius 1 is 1.00 bits per heavy atom. The second-order valence-electron chi connectivity index (χ2n) is 9.38. The Morgan fingerprint density at radius 3 is 2.54 bits per heavy atom. The maximum atomic E-state index is 13.2. The van der Waals surface area contributed by atoms with E-state index in [0.29, 0.717) is 30.8 Å². The molecule has 3 unspecified atom stereocenters. The van der Waals surface area contributed by atoms with Crippen molar-refractivity contribution >= 4 is 5.78 Å². The van der Waals surface area contributed by atoms with Crippen LogP contribution < -0.4 is 0 Å². The summed E-state index contributed by atoms with van der Waals surface area (Å²) in [5.41, 5.74) is 1.74. The highest BCUT2D eigenvalue weighted by molar-refractivity contribution is 5.94. The van der Waals surface area contributed by atoms with Crippen molar-refractivity contribution in [2.24, 2.45) is 28.6 Å². The first-order chi connectivity index (χ1) is 11.5. The molecule has 1 saturated heterocycles. The molecule has 3 heteroatoms. The zero-order valence-corrected chi connectivity index (χ0v) is 15.1. The first kappa shape index (κ1) is 15.6. The first-order valence-electron chi connectivity index (χ1n) is 10.0. The second-order valence-corrected chi connectivity index (χ2v) is 9.38. The van der Waals surface area contributed by atoms with Crippen molar-refractivity contribution in [3.8, 4) is 0 Å². The second kappa shape index (κ2) is 4.94. The van der Waals surface area contributed by atoms with Crippen molar-refractivity contribution in [3.05, 3.63) is 11.6 Å². The summed E-state index contributed by atoms with van der Waals surface area (Å²) >= 11 is 0. The molecule has 0 aromatic rings. The molecule has 132 valence electrons. The van der Waals surface area contributed by atoms with E-state index in [-0.39, 0.29) is 16.7 Å². The van der Waals surface area contributed by atoms with Crippen LogP contribution >= 0.6 is 0 Å². The highest BCUT2D eigenvalue weighted by atomic mass is 16.7. The Hall–Kier alpha value is -0.670. The molecule has 5 rings (SSSR count). The fraction of sp³-hybridized carbons (Fsp3) is 0.857. The number of carbonyl (C=O) groups is 1. The predicted molar refractivity (Wildman–Crippen MR) is 91.3 cm³/mol. The van der Waals surface area contributed by atoms with Gasteiger partial charge in [-0.1, -0.05) is 25.8 Å². The van der Waals surface area contributed by atoms with Crippen LogP contribution in [0.3, 0.4) is 0 Å². The highest BCUT2D eigenvalue weighted by Gasteiger charge is 2.67. The summed E-state index contributed by atoms with van der Waals surface area (Å²) in [6.07, 6.45) is 11.4. The minimum absolute atomic E-state index is 0.0106. The first-order valence-corrected chi connectivity index (χ1v) is 10.0. The average Bonchev–Trinajstić information content (AvgIpc) is 3.15. The molecule has 0 radical (unpaired) electrons. The molecule has 0 bridgehead atoms. The molecule has 1 heterocycles. The van der Waals surface area contributed by atoms with Crippen LogP contribution in [-0.2, 0) is 14.3 Å². The lowest BCUT2D eigenvalue weighted by atomic mass is 9.47. The van der Waals surface area contributed by atoms with E-state index in [1.165, 1.54) is 24.8 Å². The average molecular weight is 330 g/mol. The van der Waals surface area contributed by atoms with Gasteiger partial charge in [-0.3, -0.25) is 4.79 Å². The van der Waals surface area contributed by atoms with Crippen molar-refractivity contribution < 1.29 is 14.3 Å². The predicted octanol–water partition coefficient (Wildman–Crippen LogP) is 4.26. The topological polar surface area (TPSA) is 35.5 Å². The fourth-order valence-corrected chi connectivity index (χ4v) is 7.32. The number of fused-ring (bicyclic) bond motifs is 6. The summed E-state index contributed by atoms with van der Waals surface area (Å²) in [5.74, 6) is 1.18. The Labute approximate surface area is 145 Å². The summed E-state index contributed by atoms with van der Waals surface area (Å²) in [7, 11) is 0. The minimum atomic E-state index is -0.402. The van der Waals surface area contributed by atoms with Gasteiger partial charge in [0.2, 0.25) is 0 Å². The van der Waals surface area contributed by atoms with Gasteiger partial charge in [-0.05, 0) is 61.9 Å². The number of hydrogen-bond donors (Lipinski definition) is 0. The third kappa shape index (κ3) is 1.73. The third-order valence-electron chi connectivity index (χ3n) is 8.66. The van der Waals surface area contributed by atoms with Gasteiger partial charge >= 0.3 is 0 Å². The smallest absolute Gasteiger partial charge is 0.174 e. The molecule has 3 nitrogen and oxygen atoms in total. The van der Waals surface area contributed by atoms with Gasteiger partial charge in [0.15, 0.2) is 11.6 Å². The van der Waals surface area contributed by atoms with Crippen LogP contribution in [0.2, 0.25) is 0 Å². The molecule has 4 fully saturated rings. The Bertz CT molecular complexity index is 602. The molecule has 0 N–H and O–H groups in total. The van der Waals surface area contributed by atoms with Gasteiger partial charge in [-0.2, -0.15) is 0 Å². The summed E-state index contributed by atoms with van der Waals surface area (Å²) in [4.78, 5) is 13.2. The zero-order chi connectivity index (χ0) is 16.6. The van der Waals surface area contributed by atoms with Crippen LogP contribution in [0, 0.1) is 28.6 Å². The van der Waals surface area contributed by atoms with Crippen LogP contribution in [-0.4, -0.2) is 24.8 Å². The lowest BCUT2D eigenvalue weighted by molar-refractivity contribution is -0.240. The molecule has 0 aromatic carbocycles. The summed E-state index contributed by atoms with van der Waals surface area (Å²) in [6.45, 7) is 6.23. The Balaban J connectivity index is 1.56. The van der Waals surface area contributed by atoms with Crippen LogP contribution in [0.5, 0.6) is 0 Å². The molecular weight excluding hydrogens is 300 g/mol. The van der Waals surface area contributed by atoms with E-state index in [9.17, 15) is 4.79 Å². The molecule has 3 saturated carbocycles. The van der Waals surface area contributed by atoms with E-state index in [0.717, 1.165) is 32.1 Å². The molecule has 0 aromatic heterocycles. The molecule has 1 aliphatic heterocycles. The number of ether oxygens (including phenoxy) is 2. The number of ketones is 1. The van der Waals surface area contributed by atoms with Gasteiger partial charge in [0.25, 0.3) is 0 Å². The number of carbonyl (C=O) groups excluding carboxylic acids is 1. The lowest BCUT2D eigenvalue weighted by Gasteiger charge is -2.57. The third-order valence-corrected chi connectivity index (χ3v) is 8.66. The van der Waals surface area contributed by atoms with E-state index in [4.69, 9.17) is 9.47 Å². The zero-order valence-electron chi connectivity index (χ0n) is 15.1. The van der Waals surface area contributed by atoms with Crippen molar-refractivity contribution in [1.82, 2.24) is 0 Å². The Morgan fingerprint density at radius 2 is 1.75 bits per heavy atom. The van der Waals surface area contributed by atoms with Crippen molar-refractivity contribution in [3.63, 3.8) is 0 Å². The maximum Gasteiger partial charge on any atom is 0.174 e. The van der Waals surface area contributed by atoms with E-state index in [2.05, 4.69) is 19.9 Å². The van der Waals surface area contributed by atoms with Crippen molar-refractivity contribution in [2.45, 2.75) is 71.0 Å². The largest absolute Gasteiger partial charge is 0.347 e. The van der Waals surface area contributed by atoms with Crippen molar-refractivity contribution in [1.29, 1.82) is 0 Å². The molecule has 0 amide bonds. The van der Waals surface area contributed by atoms with Gasteiger partial charge in [0.1, 0.15) is 0 Å². The van der Waals surface area contributed by atoms with E-state index in [1.54, 1.807) is 0 Å². The summed E-state index contributed by atoms with van der Waals surface area (Å²) in [6, 6.07) is 0. The van der Waals surface area contributed by atoms with Crippen LogP contribution in [0.25, 0.3) is 0 Å². The molecule has 24 heavy (non-hydrogen) atoms. The van der Waals surface area contributed by atoms with E-state index < -0.39 is 5.79 Å². The molecule has 5 atom stereocenters. The monoisotopic (exact) mass is 330 g/mol. The number of allylic oxidation sites excluding steroid dienone is 2. The van der Waals surface area contributed by atoms with Crippen LogP contribution in [0.4, 0.5) is 0 Å².